The predicted molar refractivity (Wildman–Crippen MR) is 123 cm³/mol. The molecule has 0 spiro atoms. The van der Waals surface area contributed by atoms with Crippen LogP contribution in [-0.2, 0) is 16.4 Å². The molecule has 1 unspecified atom stereocenters. The number of nitrogens with one attached hydrogen (secondary N) is 1. The Kier molecular flexibility index (Phi) is 4.87. The molecule has 1 saturated heterocycles. The van der Waals surface area contributed by atoms with E-state index in [1.54, 1.807) is 23.0 Å². The number of aryl methyl sites for hydroxylation is 1. The van der Waals surface area contributed by atoms with Gasteiger partial charge < -0.3 is 15.8 Å². The molecule has 3 aromatic heterocycles. The Morgan fingerprint density at radius 3 is 2.90 bits per heavy atom. The summed E-state index contributed by atoms with van der Waals surface area (Å²) in [5.41, 5.74) is 9.99. The largest absolute Gasteiger partial charge is 0.495 e. The van der Waals surface area contributed by atoms with E-state index in [1.165, 1.54) is 6.33 Å². The maximum absolute atomic E-state index is 11.8. The van der Waals surface area contributed by atoms with Gasteiger partial charge in [0.15, 0.2) is 15.7 Å². The lowest BCUT2D eigenvalue weighted by molar-refractivity contribution is 0.420. The summed E-state index contributed by atoms with van der Waals surface area (Å²) in [6.45, 7) is 2.54. The number of nitrogens with two attached hydrogens (primary N) is 1. The molecule has 1 fully saturated rings. The number of aromatic nitrogens is 3. The Morgan fingerprint density at radius 1 is 1.32 bits per heavy atom. The Morgan fingerprint density at radius 2 is 2.16 bits per heavy atom. The third-order valence-corrected chi connectivity index (χ3v) is 8.64. The van der Waals surface area contributed by atoms with Gasteiger partial charge in [-0.25, -0.2) is 17.9 Å². The predicted octanol–water partition coefficient (Wildman–Crippen LogP) is 2.79. The van der Waals surface area contributed by atoms with E-state index in [2.05, 4.69) is 33.6 Å². The van der Waals surface area contributed by atoms with Crippen molar-refractivity contribution in [3.63, 3.8) is 0 Å². The number of methoxy groups -OCH3 is 1. The number of sulfone groups is 1. The summed E-state index contributed by atoms with van der Waals surface area (Å²) in [4.78, 5) is 5.24. The number of anilines is 1. The SMILES string of the molecule is COc1cc(C)cc2cc(-c3cc(CNC4CCS(=O)(=O)C4)n4ncnc(N)c34)sc12. The number of ether oxygens (including phenoxy) is 1. The highest BCUT2D eigenvalue weighted by atomic mass is 32.2. The summed E-state index contributed by atoms with van der Waals surface area (Å²) >= 11 is 1.64. The van der Waals surface area contributed by atoms with Crippen LogP contribution >= 0.6 is 11.3 Å². The fourth-order valence-corrected chi connectivity index (χ4v) is 7.06. The molecule has 162 valence electrons. The van der Waals surface area contributed by atoms with Gasteiger partial charge in [0.1, 0.15) is 17.6 Å². The van der Waals surface area contributed by atoms with Gasteiger partial charge in [0.2, 0.25) is 0 Å². The lowest BCUT2D eigenvalue weighted by atomic mass is 10.1. The van der Waals surface area contributed by atoms with Gasteiger partial charge in [0, 0.05) is 23.0 Å². The third kappa shape index (κ3) is 3.64. The third-order valence-electron chi connectivity index (χ3n) is 5.67. The number of nitrogens with zero attached hydrogens (tertiary/aromatic N) is 3. The van der Waals surface area contributed by atoms with E-state index >= 15 is 0 Å². The fraction of sp³-hybridized carbons (Fsp3) is 0.333. The first-order chi connectivity index (χ1) is 14.8. The van der Waals surface area contributed by atoms with Crippen molar-refractivity contribution in [2.45, 2.75) is 25.9 Å². The molecule has 0 aliphatic carbocycles. The minimum atomic E-state index is -2.94. The quantitative estimate of drug-likeness (QED) is 0.474. The Bertz CT molecular complexity index is 1410. The van der Waals surface area contributed by atoms with Crippen LogP contribution in [0.5, 0.6) is 5.75 Å². The first-order valence-electron chi connectivity index (χ1n) is 9.98. The van der Waals surface area contributed by atoms with Crippen molar-refractivity contribution >= 4 is 42.6 Å². The molecular weight excluding hydrogens is 434 g/mol. The smallest absolute Gasteiger partial charge is 0.152 e. The van der Waals surface area contributed by atoms with Gasteiger partial charge in [0.25, 0.3) is 0 Å². The molecule has 0 radical (unpaired) electrons. The number of hydrogen-bond acceptors (Lipinski definition) is 8. The van der Waals surface area contributed by atoms with E-state index in [9.17, 15) is 8.42 Å². The molecule has 0 bridgehead atoms. The van der Waals surface area contributed by atoms with E-state index in [-0.39, 0.29) is 17.5 Å². The Hall–Kier alpha value is -2.69. The van der Waals surface area contributed by atoms with E-state index in [4.69, 9.17) is 10.5 Å². The molecule has 1 atom stereocenters. The highest BCUT2D eigenvalue weighted by Gasteiger charge is 2.28. The van der Waals surface area contributed by atoms with Crippen LogP contribution < -0.4 is 15.8 Å². The zero-order chi connectivity index (χ0) is 21.8. The molecule has 8 nitrogen and oxygen atoms in total. The van der Waals surface area contributed by atoms with Crippen molar-refractivity contribution in [2.24, 2.45) is 0 Å². The van der Waals surface area contributed by atoms with Crippen molar-refractivity contribution in [3.05, 3.63) is 41.9 Å². The van der Waals surface area contributed by atoms with Crippen LogP contribution in [0.25, 0.3) is 26.0 Å². The highest BCUT2D eigenvalue weighted by molar-refractivity contribution is 7.91. The first-order valence-corrected chi connectivity index (χ1v) is 12.6. The van der Waals surface area contributed by atoms with Crippen LogP contribution in [-0.4, -0.2) is 47.7 Å². The maximum Gasteiger partial charge on any atom is 0.152 e. The van der Waals surface area contributed by atoms with Gasteiger partial charge in [-0.3, -0.25) is 0 Å². The second-order valence-corrected chi connectivity index (χ2v) is 11.2. The molecule has 0 amide bonds. The second kappa shape index (κ2) is 7.47. The molecule has 10 heteroatoms. The summed E-state index contributed by atoms with van der Waals surface area (Å²) in [5, 5.41) is 8.89. The molecule has 5 rings (SSSR count). The lowest BCUT2D eigenvalue weighted by Gasteiger charge is -2.10. The van der Waals surface area contributed by atoms with E-state index in [0.717, 1.165) is 43.1 Å². The van der Waals surface area contributed by atoms with Gasteiger partial charge in [-0.1, -0.05) is 6.07 Å². The maximum atomic E-state index is 11.8. The summed E-state index contributed by atoms with van der Waals surface area (Å²) in [6, 6.07) is 8.32. The van der Waals surface area contributed by atoms with Crippen LogP contribution in [0.2, 0.25) is 0 Å². The molecule has 31 heavy (non-hydrogen) atoms. The van der Waals surface area contributed by atoms with Crippen LogP contribution in [0.15, 0.2) is 30.6 Å². The molecule has 1 aliphatic rings. The van der Waals surface area contributed by atoms with Crippen molar-refractivity contribution < 1.29 is 13.2 Å². The molecule has 1 aromatic carbocycles. The van der Waals surface area contributed by atoms with Crippen molar-refractivity contribution in [1.82, 2.24) is 19.9 Å². The van der Waals surface area contributed by atoms with Crippen molar-refractivity contribution in [1.29, 1.82) is 0 Å². The first kappa shape index (κ1) is 20.2. The monoisotopic (exact) mass is 457 g/mol. The van der Waals surface area contributed by atoms with Gasteiger partial charge in [-0.2, -0.15) is 5.10 Å². The van der Waals surface area contributed by atoms with Crippen LogP contribution in [0.4, 0.5) is 5.82 Å². The minimum absolute atomic E-state index is 0.0465. The molecule has 0 saturated carbocycles. The van der Waals surface area contributed by atoms with Crippen molar-refractivity contribution in [3.8, 4) is 16.2 Å². The van der Waals surface area contributed by atoms with Crippen molar-refractivity contribution in [2.75, 3.05) is 24.3 Å². The topological polar surface area (TPSA) is 112 Å². The Balaban J connectivity index is 1.57. The molecule has 3 N–H and O–H groups in total. The molecule has 4 heterocycles. The van der Waals surface area contributed by atoms with E-state index in [1.807, 2.05) is 13.0 Å². The van der Waals surface area contributed by atoms with Crippen LogP contribution in [0.3, 0.4) is 0 Å². The number of rotatable bonds is 5. The zero-order valence-electron chi connectivity index (χ0n) is 17.3. The van der Waals surface area contributed by atoms with Crippen LogP contribution in [0, 0.1) is 6.92 Å². The van der Waals surface area contributed by atoms with Gasteiger partial charge in [0.05, 0.1) is 29.0 Å². The number of benzene rings is 1. The van der Waals surface area contributed by atoms with Gasteiger partial charge in [-0.15, -0.1) is 11.3 Å². The summed E-state index contributed by atoms with van der Waals surface area (Å²) < 4.78 is 32.0. The highest BCUT2D eigenvalue weighted by Crippen LogP contribution is 2.42. The van der Waals surface area contributed by atoms with E-state index in [0.29, 0.717) is 18.8 Å². The average Bonchev–Trinajstić information content (AvgIpc) is 3.40. The number of thiophene rings is 1. The lowest BCUT2D eigenvalue weighted by Crippen LogP contribution is -2.30. The standard InChI is InChI=1S/C21H23N5O3S2/c1-12-5-13-7-18(30-20(13)17(6-12)29-2)16-8-15(26-19(16)21(22)24-11-25-26)9-23-14-3-4-31(27,28)10-14/h5-8,11,14,23H,3-4,9-10H2,1-2H3,(H2,22,24,25). The Labute approximate surface area is 184 Å². The summed E-state index contributed by atoms with van der Waals surface area (Å²) in [5.74, 6) is 1.67. The number of fused-ring (bicyclic) bond motifs is 2. The minimum Gasteiger partial charge on any atom is -0.495 e. The zero-order valence-corrected chi connectivity index (χ0v) is 18.9. The molecule has 1 aliphatic heterocycles. The molecular formula is C21H23N5O3S2. The average molecular weight is 458 g/mol. The van der Waals surface area contributed by atoms with Gasteiger partial charge >= 0.3 is 0 Å². The fourth-order valence-electron chi connectivity index (χ4n) is 4.20. The number of nitrogen functional groups attached to an aromatic ring is 1. The second-order valence-electron chi connectivity index (χ2n) is 7.93. The normalized spacial score (nSPS) is 18.2. The number of hydrogen-bond donors (Lipinski definition) is 2. The summed E-state index contributed by atoms with van der Waals surface area (Å²) in [6.07, 6.45) is 2.07. The molecule has 4 aromatic rings. The van der Waals surface area contributed by atoms with E-state index < -0.39 is 9.84 Å². The summed E-state index contributed by atoms with van der Waals surface area (Å²) in [7, 11) is -1.26. The van der Waals surface area contributed by atoms with Gasteiger partial charge in [-0.05, 0) is 42.5 Å². The van der Waals surface area contributed by atoms with Crippen LogP contribution in [0.1, 0.15) is 17.7 Å².